The first-order valence-electron chi connectivity index (χ1n) is 4.02. The molecular weight excluding hydrogens is 200 g/mol. The van der Waals surface area contributed by atoms with Gasteiger partial charge in [-0.3, -0.25) is 0 Å². The van der Waals surface area contributed by atoms with E-state index in [1.165, 1.54) is 10.4 Å². The van der Waals surface area contributed by atoms with Crippen molar-refractivity contribution in [3.8, 4) is 0 Å². The van der Waals surface area contributed by atoms with Crippen LogP contribution >= 0.6 is 22.7 Å². The second kappa shape index (κ2) is 3.89. The lowest BCUT2D eigenvalue weighted by Crippen LogP contribution is -1.96. The van der Waals surface area contributed by atoms with Gasteiger partial charge in [0.1, 0.15) is 0 Å². The van der Waals surface area contributed by atoms with Gasteiger partial charge in [-0.1, -0.05) is 0 Å². The van der Waals surface area contributed by atoms with Crippen molar-refractivity contribution in [3.63, 3.8) is 0 Å². The van der Waals surface area contributed by atoms with E-state index in [9.17, 15) is 0 Å². The summed E-state index contributed by atoms with van der Waals surface area (Å²) >= 11 is 3.41. The van der Waals surface area contributed by atoms with Crippen LogP contribution < -0.4 is 5.32 Å². The van der Waals surface area contributed by atoms with Gasteiger partial charge in [0.25, 0.3) is 0 Å². The molecule has 0 aliphatic heterocycles. The van der Waals surface area contributed by atoms with E-state index in [0.717, 1.165) is 11.7 Å². The van der Waals surface area contributed by atoms with Gasteiger partial charge < -0.3 is 5.32 Å². The first kappa shape index (κ1) is 8.72. The molecule has 0 saturated heterocycles. The monoisotopic (exact) mass is 210 g/mol. The molecule has 0 aromatic carbocycles. The van der Waals surface area contributed by atoms with Crippen LogP contribution in [-0.4, -0.2) is 4.98 Å². The van der Waals surface area contributed by atoms with Crippen molar-refractivity contribution in [2.45, 2.75) is 13.5 Å². The number of nitrogens with one attached hydrogen (secondary N) is 1. The van der Waals surface area contributed by atoms with E-state index < -0.39 is 0 Å². The van der Waals surface area contributed by atoms with E-state index in [2.05, 4.69) is 28.7 Å². The Labute approximate surface area is 85.3 Å². The highest BCUT2D eigenvalue weighted by atomic mass is 32.1. The summed E-state index contributed by atoms with van der Waals surface area (Å²) < 4.78 is 0. The number of hydrogen-bond donors (Lipinski definition) is 1. The summed E-state index contributed by atoms with van der Waals surface area (Å²) in [7, 11) is 0. The van der Waals surface area contributed by atoms with Crippen molar-refractivity contribution in [2.75, 3.05) is 5.32 Å². The van der Waals surface area contributed by atoms with Crippen LogP contribution in [0.3, 0.4) is 0 Å². The van der Waals surface area contributed by atoms with Crippen LogP contribution in [0.1, 0.15) is 10.4 Å². The van der Waals surface area contributed by atoms with E-state index >= 15 is 0 Å². The van der Waals surface area contributed by atoms with Gasteiger partial charge in [0.15, 0.2) is 5.13 Å². The first-order chi connectivity index (χ1) is 6.34. The Morgan fingerprint density at radius 1 is 1.46 bits per heavy atom. The molecule has 0 fully saturated rings. The van der Waals surface area contributed by atoms with Crippen molar-refractivity contribution in [2.24, 2.45) is 0 Å². The normalized spacial score (nSPS) is 10.2. The van der Waals surface area contributed by atoms with Gasteiger partial charge in [0, 0.05) is 23.0 Å². The first-order valence-corrected chi connectivity index (χ1v) is 5.78. The summed E-state index contributed by atoms with van der Waals surface area (Å²) in [5.41, 5.74) is 1.33. The fourth-order valence-electron chi connectivity index (χ4n) is 1.08. The maximum Gasteiger partial charge on any atom is 0.182 e. The van der Waals surface area contributed by atoms with Crippen LogP contribution in [-0.2, 0) is 6.54 Å². The van der Waals surface area contributed by atoms with Gasteiger partial charge in [0.05, 0.1) is 0 Å². The average Bonchev–Trinajstić information content (AvgIpc) is 2.71. The summed E-state index contributed by atoms with van der Waals surface area (Å²) in [6, 6.07) is 2.20. The molecule has 13 heavy (non-hydrogen) atoms. The van der Waals surface area contributed by atoms with Crippen LogP contribution in [0, 0.1) is 6.92 Å². The van der Waals surface area contributed by atoms with E-state index in [1.807, 2.05) is 11.6 Å². The van der Waals surface area contributed by atoms with Gasteiger partial charge in [0.2, 0.25) is 0 Å². The molecule has 0 spiro atoms. The number of anilines is 1. The van der Waals surface area contributed by atoms with E-state index in [4.69, 9.17) is 0 Å². The number of thiophene rings is 1. The lowest BCUT2D eigenvalue weighted by Gasteiger charge is -1.98. The zero-order valence-electron chi connectivity index (χ0n) is 7.28. The fourth-order valence-corrected chi connectivity index (χ4v) is 2.31. The average molecular weight is 210 g/mol. The predicted molar refractivity (Wildman–Crippen MR) is 58.5 cm³/mol. The van der Waals surface area contributed by atoms with Crippen LogP contribution in [0.15, 0.2) is 23.0 Å². The minimum absolute atomic E-state index is 0.873. The minimum Gasteiger partial charge on any atom is -0.357 e. The van der Waals surface area contributed by atoms with Crippen LogP contribution in [0.25, 0.3) is 0 Å². The molecule has 2 aromatic heterocycles. The molecule has 0 radical (unpaired) electrons. The quantitative estimate of drug-likeness (QED) is 0.842. The highest BCUT2D eigenvalue weighted by Gasteiger charge is 1.97. The Kier molecular flexibility index (Phi) is 2.61. The van der Waals surface area contributed by atoms with E-state index in [1.54, 1.807) is 22.7 Å². The molecule has 2 rings (SSSR count). The predicted octanol–water partition coefficient (Wildman–Crippen LogP) is 3.13. The van der Waals surface area contributed by atoms with Crippen molar-refractivity contribution >= 4 is 27.8 Å². The molecule has 0 atom stereocenters. The Bertz CT molecular complexity index is 365. The largest absolute Gasteiger partial charge is 0.357 e. The highest BCUT2D eigenvalue weighted by molar-refractivity contribution is 7.13. The summed E-state index contributed by atoms with van der Waals surface area (Å²) in [4.78, 5) is 5.51. The van der Waals surface area contributed by atoms with Gasteiger partial charge in [-0.05, 0) is 23.9 Å². The van der Waals surface area contributed by atoms with Crippen LogP contribution in [0.4, 0.5) is 5.13 Å². The second-order valence-corrected chi connectivity index (χ2v) is 4.77. The summed E-state index contributed by atoms with van der Waals surface area (Å²) in [6.07, 6.45) is 1.81. The number of nitrogens with zero attached hydrogens (tertiary/aromatic N) is 1. The molecule has 0 amide bonds. The smallest absolute Gasteiger partial charge is 0.182 e. The molecule has 0 saturated carbocycles. The molecule has 0 aliphatic rings. The Balaban J connectivity index is 1.93. The third-order valence-electron chi connectivity index (χ3n) is 1.66. The van der Waals surface area contributed by atoms with Gasteiger partial charge in [-0.15, -0.1) is 22.7 Å². The van der Waals surface area contributed by atoms with Crippen molar-refractivity contribution in [3.05, 3.63) is 33.5 Å². The maximum atomic E-state index is 4.15. The topological polar surface area (TPSA) is 24.9 Å². The summed E-state index contributed by atoms with van der Waals surface area (Å²) in [5.74, 6) is 0. The summed E-state index contributed by atoms with van der Waals surface area (Å²) in [6.45, 7) is 3.00. The third-order valence-corrected chi connectivity index (χ3v) is 3.30. The Hall–Kier alpha value is -0.870. The minimum atomic E-state index is 0.873. The second-order valence-electron chi connectivity index (χ2n) is 2.76. The molecule has 4 heteroatoms. The molecule has 1 N–H and O–H groups in total. The maximum absolute atomic E-state index is 4.15. The fraction of sp³-hybridized carbons (Fsp3) is 0.222. The zero-order valence-corrected chi connectivity index (χ0v) is 8.91. The van der Waals surface area contributed by atoms with Crippen molar-refractivity contribution in [1.29, 1.82) is 0 Å². The SMILES string of the molecule is Cc1cc(CNc2nccs2)cs1. The molecule has 2 aromatic rings. The number of hydrogen-bond acceptors (Lipinski definition) is 4. The van der Waals surface area contributed by atoms with Crippen molar-refractivity contribution < 1.29 is 0 Å². The number of aryl methyl sites for hydroxylation is 1. The van der Waals surface area contributed by atoms with Crippen LogP contribution in [0.5, 0.6) is 0 Å². The molecule has 2 heterocycles. The lowest BCUT2D eigenvalue weighted by molar-refractivity contribution is 1.14. The molecule has 0 unspecified atom stereocenters. The van der Waals surface area contributed by atoms with E-state index in [-0.39, 0.29) is 0 Å². The van der Waals surface area contributed by atoms with Crippen molar-refractivity contribution in [1.82, 2.24) is 4.98 Å². The molecule has 0 bridgehead atoms. The Morgan fingerprint density at radius 2 is 2.38 bits per heavy atom. The standard InChI is InChI=1S/C9H10N2S2/c1-7-4-8(6-13-7)5-11-9-10-2-3-12-9/h2-4,6H,5H2,1H3,(H,10,11). The third kappa shape index (κ3) is 2.29. The molecule has 68 valence electrons. The molecular formula is C9H10N2S2. The molecule has 0 aliphatic carbocycles. The number of rotatable bonds is 3. The lowest BCUT2D eigenvalue weighted by atomic mass is 10.3. The number of thiazole rings is 1. The summed E-state index contributed by atoms with van der Waals surface area (Å²) in [5, 5.41) is 8.41. The van der Waals surface area contributed by atoms with Gasteiger partial charge in [-0.25, -0.2) is 4.98 Å². The van der Waals surface area contributed by atoms with E-state index in [0.29, 0.717) is 0 Å². The van der Waals surface area contributed by atoms with Gasteiger partial charge in [-0.2, -0.15) is 0 Å². The molecule has 2 nitrogen and oxygen atoms in total. The Morgan fingerprint density at radius 3 is 3.00 bits per heavy atom. The highest BCUT2D eigenvalue weighted by Crippen LogP contribution is 2.16. The van der Waals surface area contributed by atoms with Gasteiger partial charge >= 0.3 is 0 Å². The number of aromatic nitrogens is 1. The van der Waals surface area contributed by atoms with Crippen LogP contribution in [0.2, 0.25) is 0 Å². The zero-order chi connectivity index (χ0) is 9.10.